The first kappa shape index (κ1) is 24.5. The van der Waals surface area contributed by atoms with Crippen LogP contribution in [-0.2, 0) is 12.4 Å². The lowest BCUT2D eigenvalue weighted by Gasteiger charge is -2.31. The number of nitrogens with one attached hydrogen (secondary N) is 2. The van der Waals surface area contributed by atoms with Crippen molar-refractivity contribution < 1.29 is 36.2 Å². The first-order valence-electron chi connectivity index (χ1n) is 9.68. The van der Waals surface area contributed by atoms with Crippen molar-refractivity contribution in [3.05, 3.63) is 34.9 Å². The number of amides is 1. The van der Waals surface area contributed by atoms with Gasteiger partial charge in [0.05, 0.1) is 16.7 Å². The van der Waals surface area contributed by atoms with Crippen molar-refractivity contribution in [3.63, 3.8) is 0 Å². The van der Waals surface area contributed by atoms with Crippen LogP contribution in [0.4, 0.5) is 26.3 Å². The summed E-state index contributed by atoms with van der Waals surface area (Å²) in [5, 5.41) is 15.5. The fraction of sp³-hybridized carbons (Fsp3) is 0.650. The van der Waals surface area contributed by atoms with Gasteiger partial charge in [-0.3, -0.25) is 4.79 Å². The summed E-state index contributed by atoms with van der Waals surface area (Å²) in [6.07, 6.45) is -6.88. The van der Waals surface area contributed by atoms with Gasteiger partial charge in [-0.05, 0) is 63.6 Å². The molecule has 1 aliphatic carbocycles. The second-order valence-electron chi connectivity index (χ2n) is 8.42. The molecule has 4 nitrogen and oxygen atoms in total. The zero-order chi connectivity index (χ0) is 22.7. The van der Waals surface area contributed by atoms with Gasteiger partial charge in [0.2, 0.25) is 0 Å². The molecular formula is C20H26F6N2O2. The third-order valence-corrected chi connectivity index (χ3v) is 5.07. The molecule has 0 bridgehead atoms. The smallest absolute Gasteiger partial charge is 0.389 e. The van der Waals surface area contributed by atoms with Gasteiger partial charge in [0, 0.05) is 24.7 Å². The van der Waals surface area contributed by atoms with Gasteiger partial charge in [0.1, 0.15) is 0 Å². The molecule has 1 aromatic carbocycles. The van der Waals surface area contributed by atoms with Crippen LogP contribution in [0.3, 0.4) is 0 Å². The average molecular weight is 440 g/mol. The highest BCUT2D eigenvalue weighted by atomic mass is 19.4. The van der Waals surface area contributed by atoms with E-state index in [-0.39, 0.29) is 24.6 Å². The van der Waals surface area contributed by atoms with E-state index in [0.717, 1.165) is 25.7 Å². The Morgan fingerprint density at radius 1 is 0.967 bits per heavy atom. The van der Waals surface area contributed by atoms with Gasteiger partial charge in [-0.1, -0.05) is 0 Å². The minimum absolute atomic E-state index is 0.00127. The van der Waals surface area contributed by atoms with Crippen LogP contribution >= 0.6 is 0 Å². The topological polar surface area (TPSA) is 61.4 Å². The number of alkyl halides is 6. The highest BCUT2D eigenvalue weighted by molar-refractivity contribution is 5.94. The lowest BCUT2D eigenvalue weighted by molar-refractivity contribution is -0.143. The van der Waals surface area contributed by atoms with Gasteiger partial charge in [-0.25, -0.2) is 0 Å². The van der Waals surface area contributed by atoms with Gasteiger partial charge in [-0.2, -0.15) is 26.3 Å². The molecule has 1 fully saturated rings. The van der Waals surface area contributed by atoms with Gasteiger partial charge in [0.25, 0.3) is 5.91 Å². The van der Waals surface area contributed by atoms with Crippen molar-refractivity contribution in [1.82, 2.24) is 10.6 Å². The Morgan fingerprint density at radius 2 is 1.47 bits per heavy atom. The number of hydrogen-bond acceptors (Lipinski definition) is 3. The quantitative estimate of drug-likeness (QED) is 0.576. The third kappa shape index (κ3) is 7.46. The summed E-state index contributed by atoms with van der Waals surface area (Å²) in [5.74, 6) is -0.879. The number of aliphatic hydroxyl groups is 1. The Balaban J connectivity index is 1.95. The molecule has 3 N–H and O–H groups in total. The number of carbonyl (C=O) groups is 1. The van der Waals surface area contributed by atoms with Crippen molar-refractivity contribution in [2.45, 2.75) is 63.5 Å². The Kier molecular flexibility index (Phi) is 7.45. The van der Waals surface area contributed by atoms with Crippen LogP contribution in [0.15, 0.2) is 18.2 Å². The van der Waals surface area contributed by atoms with Crippen LogP contribution in [-0.4, -0.2) is 35.7 Å². The zero-order valence-electron chi connectivity index (χ0n) is 16.8. The summed E-state index contributed by atoms with van der Waals surface area (Å²) in [6, 6.07) is 1.09. The van der Waals surface area contributed by atoms with Crippen molar-refractivity contribution in [3.8, 4) is 0 Å². The van der Waals surface area contributed by atoms with E-state index in [0.29, 0.717) is 18.7 Å². The summed E-state index contributed by atoms with van der Waals surface area (Å²) in [6.45, 7) is 4.00. The molecular weight excluding hydrogens is 414 g/mol. The molecule has 0 heterocycles. The summed E-state index contributed by atoms with van der Waals surface area (Å²) in [7, 11) is 0. The van der Waals surface area contributed by atoms with E-state index >= 15 is 0 Å². The highest BCUT2D eigenvalue weighted by Crippen LogP contribution is 2.36. The number of rotatable bonds is 6. The molecule has 2 rings (SSSR count). The van der Waals surface area contributed by atoms with E-state index in [4.69, 9.17) is 0 Å². The number of benzene rings is 1. The molecule has 0 saturated heterocycles. The maximum absolute atomic E-state index is 12.9. The van der Waals surface area contributed by atoms with Crippen LogP contribution in [0.2, 0.25) is 0 Å². The summed E-state index contributed by atoms with van der Waals surface area (Å²) in [5.41, 5.74) is -4.52. The first-order valence-corrected chi connectivity index (χ1v) is 9.68. The molecule has 10 heteroatoms. The fourth-order valence-electron chi connectivity index (χ4n) is 3.39. The van der Waals surface area contributed by atoms with Crippen molar-refractivity contribution in [2.24, 2.45) is 5.92 Å². The fourth-order valence-corrected chi connectivity index (χ4v) is 3.39. The first-order chi connectivity index (χ1) is 13.6. The third-order valence-electron chi connectivity index (χ3n) is 5.07. The molecule has 0 unspecified atom stereocenters. The van der Waals surface area contributed by atoms with Gasteiger partial charge in [0.15, 0.2) is 0 Å². The molecule has 30 heavy (non-hydrogen) atoms. The molecule has 1 saturated carbocycles. The minimum atomic E-state index is -5.00. The predicted molar refractivity (Wildman–Crippen MR) is 98.8 cm³/mol. The molecule has 1 aromatic rings. The number of halogens is 6. The van der Waals surface area contributed by atoms with Crippen LogP contribution < -0.4 is 10.6 Å². The van der Waals surface area contributed by atoms with E-state index in [1.165, 1.54) is 0 Å². The molecule has 1 amide bonds. The van der Waals surface area contributed by atoms with E-state index in [9.17, 15) is 36.2 Å². The van der Waals surface area contributed by atoms with Crippen molar-refractivity contribution in [2.75, 3.05) is 13.1 Å². The Hall–Kier alpha value is -1.81. The van der Waals surface area contributed by atoms with Crippen molar-refractivity contribution >= 4 is 5.91 Å². The maximum atomic E-state index is 12.9. The molecule has 0 aliphatic heterocycles. The standard InChI is InChI=1S/C20H26F6N2O2/c1-18(2,30)11-28-16-5-3-12(4-6-16)10-27-17(29)13-7-14(19(21,22)23)9-15(8-13)20(24,25)26/h7-9,12,16,28,30H,3-6,10-11H2,1-2H3,(H,27,29)/t12-,16-. The van der Waals surface area contributed by atoms with Gasteiger partial charge < -0.3 is 15.7 Å². The SMILES string of the molecule is CC(C)(O)CN[C@H]1CC[C@H](CNC(=O)c2cc(C(F)(F)F)cc(C(F)(F)F)c2)CC1. The van der Waals surface area contributed by atoms with Crippen LogP contribution in [0.1, 0.15) is 61.0 Å². The second-order valence-corrected chi connectivity index (χ2v) is 8.42. The van der Waals surface area contributed by atoms with E-state index in [1.807, 2.05) is 0 Å². The number of hydrogen-bond donors (Lipinski definition) is 3. The van der Waals surface area contributed by atoms with Crippen LogP contribution in [0.5, 0.6) is 0 Å². The maximum Gasteiger partial charge on any atom is 0.416 e. The normalized spacial score (nSPS) is 20.8. The highest BCUT2D eigenvalue weighted by Gasteiger charge is 2.37. The largest absolute Gasteiger partial charge is 0.416 e. The number of carbonyl (C=O) groups excluding carboxylic acids is 1. The van der Waals surface area contributed by atoms with Gasteiger partial charge >= 0.3 is 12.4 Å². The molecule has 0 radical (unpaired) electrons. The molecule has 0 spiro atoms. The van der Waals surface area contributed by atoms with Crippen LogP contribution in [0, 0.1) is 5.92 Å². The second kappa shape index (κ2) is 9.13. The lowest BCUT2D eigenvalue weighted by atomic mass is 9.85. The monoisotopic (exact) mass is 440 g/mol. The zero-order valence-corrected chi connectivity index (χ0v) is 16.8. The lowest BCUT2D eigenvalue weighted by Crippen LogP contribution is -2.43. The van der Waals surface area contributed by atoms with E-state index < -0.39 is 40.6 Å². The molecule has 170 valence electrons. The summed E-state index contributed by atoms with van der Waals surface area (Å²) in [4.78, 5) is 12.2. The minimum Gasteiger partial charge on any atom is -0.389 e. The van der Waals surface area contributed by atoms with Crippen molar-refractivity contribution in [1.29, 1.82) is 0 Å². The Labute approximate surface area is 171 Å². The van der Waals surface area contributed by atoms with E-state index in [2.05, 4.69) is 10.6 Å². The molecule has 0 aromatic heterocycles. The molecule has 1 aliphatic rings. The average Bonchev–Trinajstić information content (AvgIpc) is 2.63. The molecule has 0 atom stereocenters. The van der Waals surface area contributed by atoms with E-state index in [1.54, 1.807) is 13.8 Å². The van der Waals surface area contributed by atoms with Crippen LogP contribution in [0.25, 0.3) is 0 Å². The Morgan fingerprint density at radius 3 is 1.90 bits per heavy atom. The summed E-state index contributed by atoms with van der Waals surface area (Å²) >= 11 is 0. The van der Waals surface area contributed by atoms with Gasteiger partial charge in [-0.15, -0.1) is 0 Å². The summed E-state index contributed by atoms with van der Waals surface area (Å²) < 4.78 is 77.6. The Bertz CT molecular complexity index is 700. The predicted octanol–water partition coefficient (Wildman–Crippen LogP) is 4.37.